The Hall–Kier alpha value is -2.00. The van der Waals surface area contributed by atoms with Gasteiger partial charge in [-0.3, -0.25) is 0 Å². The van der Waals surface area contributed by atoms with E-state index < -0.39 is 0 Å². The van der Waals surface area contributed by atoms with Gasteiger partial charge in [-0.2, -0.15) is 0 Å². The quantitative estimate of drug-likeness (QED) is 0.737. The molecule has 0 amide bonds. The number of nitrogens with two attached hydrogens (primary N) is 1. The Kier molecular flexibility index (Phi) is 3.13. The first-order valence-corrected chi connectivity index (χ1v) is 6.49. The van der Waals surface area contributed by atoms with Crippen molar-refractivity contribution in [3.05, 3.63) is 58.9 Å². The zero-order valence-electron chi connectivity index (χ0n) is 10.3. The van der Waals surface area contributed by atoms with Crippen LogP contribution in [0.15, 0.2) is 46.9 Å². The largest absolute Gasteiger partial charge is 0.439 e. The Balaban J connectivity index is 1.83. The lowest BCUT2D eigenvalue weighted by molar-refractivity contribution is 0.529. The highest BCUT2D eigenvalue weighted by atomic mass is 35.5. The molecular weight excluding hydrogens is 260 g/mol. The molecule has 3 aromatic rings. The molecule has 0 aliphatic rings. The predicted octanol–water partition coefficient (Wildman–Crippen LogP) is 3.85. The van der Waals surface area contributed by atoms with Crippen molar-refractivity contribution in [2.24, 2.45) is 0 Å². The summed E-state index contributed by atoms with van der Waals surface area (Å²) in [7, 11) is 0. The van der Waals surface area contributed by atoms with Gasteiger partial charge in [0.05, 0.1) is 5.69 Å². The number of rotatable bonds is 3. The fraction of sp³-hybridized carbons (Fsp3) is 0.133. The smallest absolute Gasteiger partial charge is 0.195 e. The number of anilines is 1. The van der Waals surface area contributed by atoms with Gasteiger partial charge in [0.25, 0.3) is 0 Å². The second-order valence-corrected chi connectivity index (χ2v) is 4.80. The van der Waals surface area contributed by atoms with Gasteiger partial charge in [-0.25, -0.2) is 4.98 Å². The van der Waals surface area contributed by atoms with Gasteiger partial charge in [0, 0.05) is 11.4 Å². The van der Waals surface area contributed by atoms with Crippen LogP contribution in [0.25, 0.3) is 11.1 Å². The number of halogens is 1. The summed E-state index contributed by atoms with van der Waals surface area (Å²) in [4.78, 5) is 4.43. The molecule has 0 bridgehead atoms. The van der Waals surface area contributed by atoms with Gasteiger partial charge in [-0.1, -0.05) is 35.9 Å². The first-order chi connectivity index (χ1) is 9.24. The average molecular weight is 273 g/mol. The maximum absolute atomic E-state index is 6.12. The molecule has 96 valence electrons. The lowest BCUT2D eigenvalue weighted by atomic mass is 10.1. The van der Waals surface area contributed by atoms with Crippen LogP contribution >= 0.6 is 11.6 Å². The number of hydrogen-bond donors (Lipinski definition) is 1. The van der Waals surface area contributed by atoms with Crippen LogP contribution in [0.3, 0.4) is 0 Å². The summed E-state index contributed by atoms with van der Waals surface area (Å²) in [5.41, 5.74) is 9.03. The van der Waals surface area contributed by atoms with Crippen molar-refractivity contribution in [2.45, 2.75) is 12.8 Å². The fourth-order valence-corrected chi connectivity index (χ4v) is 2.30. The van der Waals surface area contributed by atoms with E-state index in [0.29, 0.717) is 23.6 Å². The number of aryl methyl sites for hydroxylation is 2. The van der Waals surface area contributed by atoms with Crippen LogP contribution in [0.5, 0.6) is 0 Å². The third kappa shape index (κ3) is 2.42. The van der Waals surface area contributed by atoms with Gasteiger partial charge in [0.1, 0.15) is 5.52 Å². The van der Waals surface area contributed by atoms with Crippen LogP contribution in [0, 0.1) is 0 Å². The van der Waals surface area contributed by atoms with Crippen molar-refractivity contribution in [2.75, 3.05) is 5.73 Å². The molecule has 0 atom stereocenters. The van der Waals surface area contributed by atoms with E-state index in [1.165, 1.54) is 0 Å². The molecule has 0 unspecified atom stereocenters. The number of nitrogens with zero attached hydrogens (tertiary/aromatic N) is 1. The minimum absolute atomic E-state index is 0.619. The van der Waals surface area contributed by atoms with Crippen LogP contribution in [0.2, 0.25) is 5.02 Å². The summed E-state index contributed by atoms with van der Waals surface area (Å²) in [6.07, 6.45) is 1.50. The summed E-state index contributed by atoms with van der Waals surface area (Å²) in [6, 6.07) is 13.4. The standard InChI is InChI=1S/C15H13ClN2O/c16-11-5-2-1-4-10(11)8-9-14-18-13-7-3-6-12(17)15(13)19-14/h1-7H,8-9,17H2. The van der Waals surface area contributed by atoms with Gasteiger partial charge in [0.2, 0.25) is 0 Å². The van der Waals surface area contributed by atoms with Crippen LogP contribution in [0.1, 0.15) is 11.5 Å². The summed E-state index contributed by atoms with van der Waals surface area (Å²) in [5.74, 6) is 0.688. The van der Waals surface area contributed by atoms with E-state index in [2.05, 4.69) is 4.98 Å². The first-order valence-electron chi connectivity index (χ1n) is 6.11. The molecule has 3 nitrogen and oxygen atoms in total. The molecule has 0 spiro atoms. The zero-order valence-corrected chi connectivity index (χ0v) is 11.0. The summed E-state index contributed by atoms with van der Waals surface area (Å²) >= 11 is 6.12. The van der Waals surface area contributed by atoms with Crippen LogP contribution in [-0.4, -0.2) is 4.98 Å². The molecule has 0 radical (unpaired) electrons. The molecule has 2 aromatic carbocycles. The summed E-state index contributed by atoms with van der Waals surface area (Å²) in [5, 5.41) is 0.776. The van der Waals surface area contributed by atoms with Crippen LogP contribution < -0.4 is 5.73 Å². The normalized spacial score (nSPS) is 11.0. The summed E-state index contributed by atoms with van der Waals surface area (Å²) in [6.45, 7) is 0. The van der Waals surface area contributed by atoms with Gasteiger partial charge in [0.15, 0.2) is 11.5 Å². The SMILES string of the molecule is Nc1cccc2nc(CCc3ccccc3Cl)oc12. The van der Waals surface area contributed by atoms with E-state index in [4.69, 9.17) is 21.8 Å². The van der Waals surface area contributed by atoms with Crippen molar-refractivity contribution in [1.29, 1.82) is 0 Å². The van der Waals surface area contributed by atoms with E-state index in [1.54, 1.807) is 0 Å². The molecule has 0 fully saturated rings. The molecule has 0 aliphatic heterocycles. The van der Waals surface area contributed by atoms with E-state index in [-0.39, 0.29) is 0 Å². The maximum Gasteiger partial charge on any atom is 0.195 e. The number of oxazole rings is 1. The highest BCUT2D eigenvalue weighted by Crippen LogP contribution is 2.23. The van der Waals surface area contributed by atoms with Gasteiger partial charge < -0.3 is 10.2 Å². The molecule has 1 heterocycles. The Labute approximate surface area is 116 Å². The van der Waals surface area contributed by atoms with E-state index in [9.17, 15) is 0 Å². The average Bonchev–Trinajstić information content (AvgIpc) is 2.82. The van der Waals surface area contributed by atoms with Crippen molar-refractivity contribution in [3.63, 3.8) is 0 Å². The van der Waals surface area contributed by atoms with Gasteiger partial charge in [-0.05, 0) is 30.2 Å². The molecule has 0 saturated heterocycles. The lowest BCUT2D eigenvalue weighted by Gasteiger charge is -2.01. The van der Waals surface area contributed by atoms with Gasteiger partial charge in [-0.15, -0.1) is 0 Å². The van der Waals surface area contributed by atoms with Crippen LogP contribution in [0.4, 0.5) is 5.69 Å². The summed E-state index contributed by atoms with van der Waals surface area (Å²) < 4.78 is 5.68. The van der Waals surface area contributed by atoms with Crippen molar-refractivity contribution >= 4 is 28.4 Å². The Bertz CT molecular complexity index is 721. The fourth-order valence-electron chi connectivity index (χ4n) is 2.07. The topological polar surface area (TPSA) is 52.0 Å². The lowest BCUT2D eigenvalue weighted by Crippen LogP contribution is -1.92. The minimum Gasteiger partial charge on any atom is -0.439 e. The molecule has 0 saturated carbocycles. The maximum atomic E-state index is 6.12. The number of nitrogen functional groups attached to an aromatic ring is 1. The Morgan fingerprint density at radius 1 is 1.05 bits per heavy atom. The highest BCUT2D eigenvalue weighted by molar-refractivity contribution is 6.31. The van der Waals surface area contributed by atoms with E-state index in [1.807, 2.05) is 42.5 Å². The van der Waals surface area contributed by atoms with E-state index in [0.717, 1.165) is 22.5 Å². The van der Waals surface area contributed by atoms with Gasteiger partial charge >= 0.3 is 0 Å². The Morgan fingerprint density at radius 3 is 2.68 bits per heavy atom. The van der Waals surface area contributed by atoms with Crippen LogP contribution in [-0.2, 0) is 12.8 Å². The Morgan fingerprint density at radius 2 is 1.89 bits per heavy atom. The third-order valence-electron chi connectivity index (χ3n) is 3.06. The van der Waals surface area contributed by atoms with Crippen molar-refractivity contribution < 1.29 is 4.42 Å². The number of para-hydroxylation sites is 1. The molecular formula is C15H13ClN2O. The molecule has 19 heavy (non-hydrogen) atoms. The highest BCUT2D eigenvalue weighted by Gasteiger charge is 2.08. The second kappa shape index (κ2) is 4.94. The predicted molar refractivity (Wildman–Crippen MR) is 77.3 cm³/mol. The molecule has 1 aromatic heterocycles. The zero-order chi connectivity index (χ0) is 13.2. The third-order valence-corrected chi connectivity index (χ3v) is 3.42. The molecule has 4 heteroatoms. The first kappa shape index (κ1) is 12.1. The van der Waals surface area contributed by atoms with E-state index >= 15 is 0 Å². The molecule has 2 N–H and O–H groups in total. The number of benzene rings is 2. The van der Waals surface area contributed by atoms with Crippen molar-refractivity contribution in [1.82, 2.24) is 4.98 Å². The molecule has 3 rings (SSSR count). The number of hydrogen-bond acceptors (Lipinski definition) is 3. The molecule has 0 aliphatic carbocycles. The van der Waals surface area contributed by atoms with Crippen molar-refractivity contribution in [3.8, 4) is 0 Å². The minimum atomic E-state index is 0.619. The number of fused-ring (bicyclic) bond motifs is 1. The number of aromatic nitrogens is 1. The second-order valence-electron chi connectivity index (χ2n) is 4.39. The monoisotopic (exact) mass is 272 g/mol.